The lowest BCUT2D eigenvalue weighted by Gasteiger charge is -2.28. The number of anilines is 1. The van der Waals surface area contributed by atoms with Crippen molar-refractivity contribution in [3.05, 3.63) is 82.3 Å². The number of carbonyl (C=O) groups excluding carboxylic acids is 2. The number of carboxylic acid groups (broad SMARTS) is 1. The molecule has 10 heteroatoms. The molecular weight excluding hydrogens is 459 g/mol. The van der Waals surface area contributed by atoms with E-state index in [2.05, 4.69) is 5.32 Å². The summed E-state index contributed by atoms with van der Waals surface area (Å²) in [6, 6.07) is 12.6. The Labute approximate surface area is 190 Å². The number of halogens is 2. The van der Waals surface area contributed by atoms with Crippen LogP contribution in [0.2, 0.25) is 5.02 Å². The topological polar surface area (TPSA) is 99.9 Å². The molecule has 1 aromatic heterocycles. The van der Waals surface area contributed by atoms with E-state index in [1.54, 1.807) is 6.07 Å². The smallest absolute Gasteiger partial charge is 0.337 e. The first-order valence-corrected chi connectivity index (χ1v) is 9.83. The fraction of sp³-hybridized carbons (Fsp3) is 0. The second-order valence-corrected chi connectivity index (χ2v) is 7.43. The van der Waals surface area contributed by atoms with Crippen LogP contribution in [-0.4, -0.2) is 28.0 Å². The first-order valence-electron chi connectivity index (χ1n) is 9.04. The average Bonchev–Trinajstić information content (AvgIpc) is 3.19. The lowest BCUT2D eigenvalue weighted by Crippen LogP contribution is -2.54. The minimum atomic E-state index is -1.16. The van der Waals surface area contributed by atoms with Gasteiger partial charge in [0.05, 0.1) is 16.3 Å². The number of nitrogens with zero attached hydrogens (tertiary/aromatic N) is 1. The van der Waals surface area contributed by atoms with E-state index in [4.69, 9.17) is 33.3 Å². The minimum absolute atomic E-state index is 0.0346. The van der Waals surface area contributed by atoms with E-state index in [1.807, 2.05) is 0 Å². The van der Waals surface area contributed by atoms with Gasteiger partial charge < -0.3 is 9.52 Å². The Morgan fingerprint density at radius 3 is 2.62 bits per heavy atom. The van der Waals surface area contributed by atoms with Crippen molar-refractivity contribution in [3.8, 4) is 11.3 Å². The van der Waals surface area contributed by atoms with E-state index in [0.29, 0.717) is 11.3 Å². The minimum Gasteiger partial charge on any atom is -0.478 e. The van der Waals surface area contributed by atoms with Crippen molar-refractivity contribution in [3.63, 3.8) is 0 Å². The van der Waals surface area contributed by atoms with E-state index < -0.39 is 23.6 Å². The Morgan fingerprint density at radius 2 is 1.94 bits per heavy atom. The zero-order valence-corrected chi connectivity index (χ0v) is 17.5. The number of benzene rings is 2. The summed E-state index contributed by atoms with van der Waals surface area (Å²) in [6.45, 7) is 0. The number of carbonyl (C=O) groups is 3. The molecule has 0 unspecified atom stereocenters. The van der Waals surface area contributed by atoms with Gasteiger partial charge >= 0.3 is 5.97 Å². The zero-order chi connectivity index (χ0) is 23.0. The third-order valence-electron chi connectivity index (χ3n) is 4.57. The fourth-order valence-electron chi connectivity index (χ4n) is 3.08. The summed E-state index contributed by atoms with van der Waals surface area (Å²) in [4.78, 5) is 37.5. The number of carboxylic acids is 1. The summed E-state index contributed by atoms with van der Waals surface area (Å²) in [5.41, 5.74) is 0.357. The summed E-state index contributed by atoms with van der Waals surface area (Å²) in [7, 11) is 0. The van der Waals surface area contributed by atoms with Gasteiger partial charge in [-0.2, -0.15) is 0 Å². The molecule has 1 aliphatic rings. The Morgan fingerprint density at radius 1 is 1.16 bits per heavy atom. The number of rotatable bonds is 4. The molecule has 0 aliphatic carbocycles. The van der Waals surface area contributed by atoms with E-state index in [9.17, 15) is 18.8 Å². The van der Waals surface area contributed by atoms with Gasteiger partial charge in [-0.25, -0.2) is 9.18 Å². The summed E-state index contributed by atoms with van der Waals surface area (Å²) >= 11 is 11.1. The van der Waals surface area contributed by atoms with Crippen molar-refractivity contribution >= 4 is 58.5 Å². The zero-order valence-electron chi connectivity index (χ0n) is 16.0. The first kappa shape index (κ1) is 21.4. The molecule has 1 saturated heterocycles. The predicted molar refractivity (Wildman–Crippen MR) is 119 cm³/mol. The van der Waals surface area contributed by atoms with Crippen LogP contribution in [0, 0.1) is 5.82 Å². The maximum atomic E-state index is 13.6. The molecule has 0 radical (unpaired) electrons. The molecule has 0 spiro atoms. The Hall–Kier alpha value is -3.82. The molecule has 32 heavy (non-hydrogen) atoms. The number of hydrogen-bond acceptors (Lipinski definition) is 5. The molecular formula is C22H12ClFN2O5S. The number of aromatic carboxylic acids is 1. The van der Waals surface area contributed by atoms with Gasteiger partial charge in [0.25, 0.3) is 11.8 Å². The Kier molecular flexibility index (Phi) is 5.60. The molecule has 2 heterocycles. The van der Waals surface area contributed by atoms with Gasteiger partial charge in [0.2, 0.25) is 0 Å². The maximum Gasteiger partial charge on any atom is 0.337 e. The summed E-state index contributed by atoms with van der Waals surface area (Å²) in [5, 5.41) is 11.3. The largest absolute Gasteiger partial charge is 0.478 e. The van der Waals surface area contributed by atoms with Gasteiger partial charge in [0.15, 0.2) is 5.11 Å². The highest BCUT2D eigenvalue weighted by molar-refractivity contribution is 7.80. The molecule has 0 atom stereocenters. The molecule has 2 amide bonds. The third kappa shape index (κ3) is 4.03. The molecule has 0 bridgehead atoms. The molecule has 3 aromatic rings. The number of nitrogens with one attached hydrogen (secondary N) is 1. The van der Waals surface area contributed by atoms with Crippen LogP contribution in [0.25, 0.3) is 17.4 Å². The van der Waals surface area contributed by atoms with E-state index >= 15 is 0 Å². The SMILES string of the molecule is O=C1NC(=S)N(c2cccc(F)c2)C(=O)C1=Cc1ccc(-c2ccc(C(=O)O)c(Cl)c2)o1. The van der Waals surface area contributed by atoms with Gasteiger partial charge in [-0.3, -0.25) is 19.8 Å². The van der Waals surface area contributed by atoms with Crippen LogP contribution in [0.4, 0.5) is 10.1 Å². The van der Waals surface area contributed by atoms with Crippen molar-refractivity contribution in [2.24, 2.45) is 0 Å². The lowest BCUT2D eigenvalue weighted by atomic mass is 10.1. The van der Waals surface area contributed by atoms with Gasteiger partial charge in [-0.15, -0.1) is 0 Å². The molecule has 2 aromatic carbocycles. The summed E-state index contributed by atoms with van der Waals surface area (Å²) in [5.74, 6) is -2.66. The second kappa shape index (κ2) is 8.37. The third-order valence-corrected chi connectivity index (χ3v) is 5.16. The Balaban J connectivity index is 1.66. The van der Waals surface area contributed by atoms with Crippen LogP contribution in [0.3, 0.4) is 0 Å². The highest BCUT2D eigenvalue weighted by atomic mass is 35.5. The van der Waals surface area contributed by atoms with Crippen LogP contribution >= 0.6 is 23.8 Å². The normalized spacial score (nSPS) is 15.2. The quantitative estimate of drug-likeness (QED) is 0.335. The number of thiocarbonyl (C=S) groups is 1. The maximum absolute atomic E-state index is 13.6. The van der Waals surface area contributed by atoms with Gasteiger partial charge in [0, 0.05) is 5.56 Å². The van der Waals surface area contributed by atoms with Crippen molar-refractivity contribution in [1.82, 2.24) is 5.32 Å². The van der Waals surface area contributed by atoms with Gasteiger partial charge in [0.1, 0.15) is 22.9 Å². The van der Waals surface area contributed by atoms with Crippen LogP contribution in [0.1, 0.15) is 16.1 Å². The van der Waals surface area contributed by atoms with E-state index in [-0.39, 0.29) is 32.7 Å². The van der Waals surface area contributed by atoms with Crippen LogP contribution < -0.4 is 10.2 Å². The molecule has 1 aliphatic heterocycles. The molecule has 1 fully saturated rings. The fourth-order valence-corrected chi connectivity index (χ4v) is 3.62. The molecule has 0 saturated carbocycles. The summed E-state index contributed by atoms with van der Waals surface area (Å²) < 4.78 is 19.3. The molecule has 160 valence electrons. The van der Waals surface area contributed by atoms with Gasteiger partial charge in [-0.1, -0.05) is 23.7 Å². The van der Waals surface area contributed by atoms with Crippen LogP contribution in [-0.2, 0) is 9.59 Å². The van der Waals surface area contributed by atoms with Crippen molar-refractivity contribution in [1.29, 1.82) is 0 Å². The standard InChI is InChI=1S/C22H12ClFN2O5S/c23-17-8-11(4-6-15(17)21(29)30)18-7-5-14(31-18)10-16-19(27)25-22(32)26(20(16)28)13-3-1-2-12(24)9-13/h1-10H,(H,29,30)(H,25,27,32). The van der Waals surface area contributed by atoms with Gasteiger partial charge in [-0.05, 0) is 60.8 Å². The number of furan rings is 1. The number of amides is 2. The van der Waals surface area contributed by atoms with Crippen LogP contribution in [0.5, 0.6) is 0 Å². The van der Waals surface area contributed by atoms with Crippen LogP contribution in [0.15, 0.2) is 64.6 Å². The van der Waals surface area contributed by atoms with Crippen molar-refractivity contribution in [2.45, 2.75) is 0 Å². The highest BCUT2D eigenvalue weighted by Crippen LogP contribution is 2.29. The Bertz CT molecular complexity index is 1330. The molecule has 2 N–H and O–H groups in total. The molecule has 4 rings (SSSR count). The highest BCUT2D eigenvalue weighted by Gasteiger charge is 2.34. The van der Waals surface area contributed by atoms with E-state index in [0.717, 1.165) is 11.0 Å². The average molecular weight is 471 g/mol. The lowest BCUT2D eigenvalue weighted by molar-refractivity contribution is -0.122. The predicted octanol–water partition coefficient (Wildman–Crippen LogP) is 4.27. The molecule has 7 nitrogen and oxygen atoms in total. The van der Waals surface area contributed by atoms with Crippen molar-refractivity contribution < 1.29 is 28.3 Å². The summed E-state index contributed by atoms with van der Waals surface area (Å²) in [6.07, 6.45) is 1.24. The monoisotopic (exact) mass is 470 g/mol. The first-order chi connectivity index (χ1) is 15.2. The number of hydrogen-bond donors (Lipinski definition) is 2. The van der Waals surface area contributed by atoms with E-state index in [1.165, 1.54) is 48.5 Å². The van der Waals surface area contributed by atoms with Crippen molar-refractivity contribution in [2.75, 3.05) is 4.90 Å². The second-order valence-electron chi connectivity index (χ2n) is 6.64.